The molecule has 0 unspecified atom stereocenters. The van der Waals surface area contributed by atoms with Crippen molar-refractivity contribution < 1.29 is 0 Å². The first-order chi connectivity index (χ1) is 9.25. The van der Waals surface area contributed by atoms with E-state index in [-0.39, 0.29) is 0 Å². The lowest BCUT2D eigenvalue weighted by Gasteiger charge is -2.28. The maximum atomic E-state index is 4.57. The van der Waals surface area contributed by atoms with Gasteiger partial charge in [0.2, 0.25) is 0 Å². The molecule has 0 aromatic carbocycles. The van der Waals surface area contributed by atoms with Crippen LogP contribution in [0.15, 0.2) is 6.07 Å². The third kappa shape index (κ3) is 4.00. The molecule has 1 aliphatic carbocycles. The highest BCUT2D eigenvalue weighted by molar-refractivity contribution is 7.99. The first kappa shape index (κ1) is 14.4. The quantitative estimate of drug-likeness (QED) is 0.867. The smallest absolute Gasteiger partial charge is 0.132 e. The number of nitrogens with zero attached hydrogens (tertiary/aromatic N) is 2. The maximum Gasteiger partial charge on any atom is 0.132 e. The third-order valence-corrected chi connectivity index (χ3v) is 4.84. The topological polar surface area (TPSA) is 49.8 Å². The highest BCUT2D eigenvalue weighted by Crippen LogP contribution is 2.28. The van der Waals surface area contributed by atoms with Gasteiger partial charge in [0.1, 0.15) is 17.5 Å². The number of rotatable bonds is 5. The Morgan fingerprint density at radius 2 is 1.89 bits per heavy atom. The summed E-state index contributed by atoms with van der Waals surface area (Å²) in [6, 6.07) is 2.56. The van der Waals surface area contributed by atoms with Crippen molar-refractivity contribution in [2.24, 2.45) is 0 Å². The minimum absolute atomic E-state index is 0.563. The summed E-state index contributed by atoms with van der Waals surface area (Å²) in [5, 5.41) is 7.53. The Kier molecular flexibility index (Phi) is 5.31. The van der Waals surface area contributed by atoms with Crippen molar-refractivity contribution in [1.82, 2.24) is 9.97 Å². The molecule has 0 atom stereocenters. The summed E-state index contributed by atoms with van der Waals surface area (Å²) in [5.41, 5.74) is 0. The molecule has 0 spiro atoms. The van der Waals surface area contributed by atoms with Gasteiger partial charge in [-0.25, -0.2) is 9.97 Å². The third-order valence-electron chi connectivity index (χ3n) is 3.70. The second-order valence-electron chi connectivity index (χ2n) is 5.01. The Bertz CT molecular complexity index is 380. The lowest BCUT2D eigenvalue weighted by Crippen LogP contribution is -2.27. The number of anilines is 2. The van der Waals surface area contributed by atoms with Crippen molar-refractivity contribution in [3.8, 4) is 0 Å². The van der Waals surface area contributed by atoms with Gasteiger partial charge in [0.25, 0.3) is 0 Å². The molecule has 2 rings (SSSR count). The molecule has 1 fully saturated rings. The highest BCUT2D eigenvalue weighted by Gasteiger charge is 2.20. The molecule has 0 bridgehead atoms. The van der Waals surface area contributed by atoms with E-state index in [9.17, 15) is 0 Å². The van der Waals surface area contributed by atoms with Crippen molar-refractivity contribution in [3.05, 3.63) is 11.9 Å². The van der Waals surface area contributed by atoms with Crippen molar-refractivity contribution in [3.63, 3.8) is 0 Å². The van der Waals surface area contributed by atoms with Gasteiger partial charge in [0.05, 0.1) is 0 Å². The van der Waals surface area contributed by atoms with E-state index in [0.717, 1.165) is 29.1 Å². The number of aryl methyl sites for hydroxylation is 1. The fourth-order valence-corrected chi connectivity index (χ4v) is 3.25. The van der Waals surface area contributed by atoms with Gasteiger partial charge in [0.15, 0.2) is 0 Å². The zero-order valence-electron chi connectivity index (χ0n) is 12.1. The van der Waals surface area contributed by atoms with Crippen molar-refractivity contribution in [2.75, 3.05) is 23.9 Å². The van der Waals surface area contributed by atoms with E-state index >= 15 is 0 Å². The molecular formula is C14H24N4S. The first-order valence-electron chi connectivity index (χ1n) is 7.10. The maximum absolute atomic E-state index is 4.57. The molecule has 5 heteroatoms. The Hall–Kier alpha value is -0.970. The van der Waals surface area contributed by atoms with Crippen LogP contribution in [0.3, 0.4) is 0 Å². The van der Waals surface area contributed by atoms with Crippen LogP contribution in [0.25, 0.3) is 0 Å². The molecule has 0 radical (unpaired) electrons. The molecule has 106 valence electrons. The van der Waals surface area contributed by atoms with Gasteiger partial charge in [-0.05, 0) is 31.9 Å². The Morgan fingerprint density at radius 1 is 1.21 bits per heavy atom. The molecule has 1 saturated carbocycles. The van der Waals surface area contributed by atoms with E-state index < -0.39 is 0 Å². The van der Waals surface area contributed by atoms with Gasteiger partial charge in [0, 0.05) is 30.8 Å². The lowest BCUT2D eigenvalue weighted by atomic mass is 9.95. The first-order valence-corrected chi connectivity index (χ1v) is 8.39. The van der Waals surface area contributed by atoms with Crippen LogP contribution in [-0.4, -0.2) is 34.6 Å². The van der Waals surface area contributed by atoms with Crippen molar-refractivity contribution in [1.29, 1.82) is 0 Å². The predicted molar refractivity (Wildman–Crippen MR) is 84.1 cm³/mol. The van der Waals surface area contributed by atoms with Crippen LogP contribution >= 0.6 is 11.8 Å². The Morgan fingerprint density at radius 3 is 2.47 bits per heavy atom. The number of nitrogens with one attached hydrogen (secondary N) is 2. The summed E-state index contributed by atoms with van der Waals surface area (Å²) in [4.78, 5) is 8.99. The molecular weight excluding hydrogens is 256 g/mol. The average molecular weight is 280 g/mol. The number of hydrogen-bond acceptors (Lipinski definition) is 5. The normalized spacial score (nSPS) is 23.1. The number of thioether (sulfide) groups is 1. The van der Waals surface area contributed by atoms with Crippen LogP contribution in [0.5, 0.6) is 0 Å². The predicted octanol–water partition coefficient (Wildman–Crippen LogP) is 3.17. The van der Waals surface area contributed by atoms with E-state index in [4.69, 9.17) is 0 Å². The zero-order chi connectivity index (χ0) is 13.7. The molecule has 0 saturated heterocycles. The largest absolute Gasteiger partial charge is 0.373 e. The summed E-state index contributed by atoms with van der Waals surface area (Å²) >= 11 is 2.00. The molecule has 1 aliphatic rings. The second-order valence-corrected chi connectivity index (χ2v) is 6.15. The molecule has 1 heterocycles. The average Bonchev–Trinajstić information content (AvgIpc) is 2.47. The molecule has 2 N–H and O–H groups in total. The van der Waals surface area contributed by atoms with Crippen LogP contribution in [-0.2, 0) is 6.42 Å². The number of aromatic nitrogens is 2. The fraction of sp³-hybridized carbons (Fsp3) is 0.714. The molecule has 4 nitrogen and oxygen atoms in total. The number of hydrogen-bond donors (Lipinski definition) is 2. The highest BCUT2D eigenvalue weighted by atomic mass is 32.2. The summed E-state index contributed by atoms with van der Waals surface area (Å²) in [6.45, 7) is 2.09. The van der Waals surface area contributed by atoms with E-state index in [2.05, 4.69) is 33.8 Å². The van der Waals surface area contributed by atoms with Gasteiger partial charge in [-0.1, -0.05) is 6.92 Å². The monoisotopic (exact) mass is 280 g/mol. The molecule has 1 aromatic heterocycles. The standard InChI is InChI=1S/C14H24N4S/c1-4-12-17-13(15-2)9-14(18-12)16-10-5-7-11(19-3)8-6-10/h9-11H,4-8H2,1-3H3,(H2,15,16,17,18). The van der Waals surface area contributed by atoms with Gasteiger partial charge in [-0.2, -0.15) is 11.8 Å². The second kappa shape index (κ2) is 6.98. The van der Waals surface area contributed by atoms with Gasteiger partial charge in [-0.15, -0.1) is 0 Å². The lowest BCUT2D eigenvalue weighted by molar-refractivity contribution is 0.472. The Balaban J connectivity index is 1.99. The molecule has 0 amide bonds. The van der Waals surface area contributed by atoms with Crippen molar-refractivity contribution >= 4 is 23.4 Å². The fourth-order valence-electron chi connectivity index (χ4n) is 2.51. The minimum Gasteiger partial charge on any atom is -0.373 e. The molecule has 1 aromatic rings. The van der Waals surface area contributed by atoms with Crippen LogP contribution in [0.4, 0.5) is 11.6 Å². The van der Waals surface area contributed by atoms with Crippen molar-refractivity contribution in [2.45, 2.75) is 50.3 Å². The van der Waals surface area contributed by atoms with Crippen LogP contribution in [0.2, 0.25) is 0 Å². The Labute approximate surface area is 120 Å². The zero-order valence-corrected chi connectivity index (χ0v) is 12.9. The van der Waals surface area contributed by atoms with Crippen LogP contribution < -0.4 is 10.6 Å². The van der Waals surface area contributed by atoms with Gasteiger partial charge < -0.3 is 10.6 Å². The minimum atomic E-state index is 0.563. The van der Waals surface area contributed by atoms with E-state index in [1.807, 2.05) is 24.9 Å². The van der Waals surface area contributed by atoms with Gasteiger partial charge in [-0.3, -0.25) is 0 Å². The summed E-state index contributed by atoms with van der Waals surface area (Å²) in [7, 11) is 1.90. The van der Waals surface area contributed by atoms with Crippen LogP contribution in [0, 0.1) is 0 Å². The van der Waals surface area contributed by atoms with E-state index in [1.54, 1.807) is 0 Å². The van der Waals surface area contributed by atoms with Crippen LogP contribution in [0.1, 0.15) is 38.4 Å². The van der Waals surface area contributed by atoms with E-state index in [0.29, 0.717) is 6.04 Å². The summed E-state index contributed by atoms with van der Waals surface area (Å²) in [6.07, 6.45) is 8.18. The van der Waals surface area contributed by atoms with E-state index in [1.165, 1.54) is 25.7 Å². The molecule has 0 aliphatic heterocycles. The van der Waals surface area contributed by atoms with Gasteiger partial charge >= 0.3 is 0 Å². The summed E-state index contributed by atoms with van der Waals surface area (Å²) < 4.78 is 0. The molecule has 19 heavy (non-hydrogen) atoms. The SMILES string of the molecule is CCc1nc(NC)cc(NC2CCC(SC)CC2)n1. The summed E-state index contributed by atoms with van der Waals surface area (Å²) in [5.74, 6) is 2.75.